The van der Waals surface area contributed by atoms with E-state index in [0.717, 1.165) is 44.0 Å². The molecule has 23 heavy (non-hydrogen) atoms. The van der Waals surface area contributed by atoms with E-state index < -0.39 is 0 Å². The van der Waals surface area contributed by atoms with Crippen LogP contribution >= 0.6 is 0 Å². The van der Waals surface area contributed by atoms with Gasteiger partial charge in [-0.25, -0.2) is 0 Å². The molecule has 0 unspecified atom stereocenters. The third-order valence-electron chi connectivity index (χ3n) is 4.99. The van der Waals surface area contributed by atoms with Gasteiger partial charge in [0.25, 0.3) is 0 Å². The van der Waals surface area contributed by atoms with Gasteiger partial charge in [-0.15, -0.1) is 0 Å². The number of anilines is 1. The van der Waals surface area contributed by atoms with E-state index in [4.69, 9.17) is 0 Å². The third-order valence-corrected chi connectivity index (χ3v) is 4.99. The van der Waals surface area contributed by atoms with Crippen LogP contribution in [0.4, 0.5) is 5.69 Å². The highest BCUT2D eigenvalue weighted by atomic mass is 16.2. The molecule has 0 bridgehead atoms. The van der Waals surface area contributed by atoms with E-state index in [2.05, 4.69) is 34.6 Å². The van der Waals surface area contributed by atoms with Gasteiger partial charge < -0.3 is 10.6 Å². The van der Waals surface area contributed by atoms with Gasteiger partial charge in [-0.05, 0) is 62.3 Å². The summed E-state index contributed by atoms with van der Waals surface area (Å²) in [5.41, 5.74) is 2.19. The van der Waals surface area contributed by atoms with E-state index in [0.29, 0.717) is 12.6 Å². The lowest BCUT2D eigenvalue weighted by atomic mass is 10.0. The Morgan fingerprint density at radius 1 is 1.13 bits per heavy atom. The second-order valence-corrected chi connectivity index (χ2v) is 7.00. The predicted molar refractivity (Wildman–Crippen MR) is 94.6 cm³/mol. The zero-order valence-electron chi connectivity index (χ0n) is 14.2. The molecular formula is C19H29N3O. The number of carbonyl (C=O) groups excluding carboxylic acids is 1. The Hall–Kier alpha value is -1.39. The van der Waals surface area contributed by atoms with E-state index in [-0.39, 0.29) is 5.91 Å². The first-order valence-electron chi connectivity index (χ1n) is 9.07. The molecule has 0 atom stereocenters. The molecule has 1 heterocycles. The van der Waals surface area contributed by atoms with Gasteiger partial charge >= 0.3 is 0 Å². The molecule has 1 aliphatic heterocycles. The Kier molecular flexibility index (Phi) is 5.68. The molecule has 0 spiro atoms. The summed E-state index contributed by atoms with van der Waals surface area (Å²) in [6.07, 6.45) is 6.16. The van der Waals surface area contributed by atoms with E-state index >= 15 is 0 Å². The summed E-state index contributed by atoms with van der Waals surface area (Å²) in [6, 6.07) is 8.78. The van der Waals surface area contributed by atoms with Crippen LogP contribution in [0.1, 0.15) is 38.2 Å². The average molecular weight is 315 g/mol. The number of benzene rings is 1. The summed E-state index contributed by atoms with van der Waals surface area (Å²) < 4.78 is 0. The molecule has 0 radical (unpaired) electrons. The lowest BCUT2D eigenvalue weighted by Gasteiger charge is -2.32. The monoisotopic (exact) mass is 315 g/mol. The Labute approximate surface area is 139 Å². The van der Waals surface area contributed by atoms with E-state index in [1.54, 1.807) is 0 Å². The van der Waals surface area contributed by atoms with Crippen LogP contribution in [0, 0.1) is 5.92 Å². The highest BCUT2D eigenvalue weighted by Gasteiger charge is 2.24. The number of carbonyl (C=O) groups is 1. The second kappa shape index (κ2) is 7.93. The first-order chi connectivity index (χ1) is 11.2. The van der Waals surface area contributed by atoms with E-state index in [9.17, 15) is 4.79 Å². The van der Waals surface area contributed by atoms with Crippen LogP contribution in [0.5, 0.6) is 0 Å². The smallest absolute Gasteiger partial charge is 0.238 e. The molecule has 4 nitrogen and oxygen atoms in total. The number of aryl methyl sites for hydroxylation is 1. The van der Waals surface area contributed by atoms with Gasteiger partial charge in [-0.1, -0.05) is 19.1 Å². The number of piperidine rings is 1. The zero-order valence-corrected chi connectivity index (χ0v) is 14.2. The molecule has 1 saturated carbocycles. The summed E-state index contributed by atoms with van der Waals surface area (Å²) >= 11 is 0. The minimum atomic E-state index is 0.0960. The molecule has 1 amide bonds. The molecular weight excluding hydrogens is 286 g/mol. The summed E-state index contributed by atoms with van der Waals surface area (Å²) in [4.78, 5) is 14.4. The topological polar surface area (TPSA) is 44.4 Å². The van der Waals surface area contributed by atoms with Crippen molar-refractivity contribution >= 4 is 11.6 Å². The quantitative estimate of drug-likeness (QED) is 0.813. The van der Waals surface area contributed by atoms with Crippen molar-refractivity contribution in [1.29, 1.82) is 0 Å². The third kappa shape index (κ3) is 5.33. The standard InChI is InChI=1S/C19H29N3O/c1-2-15-5-7-18(8-6-15)21-19(23)14-22-11-9-17(10-12-22)20-13-16-3-4-16/h5-8,16-17,20H,2-4,9-14H2,1H3,(H,21,23). The van der Waals surface area contributed by atoms with Crippen LogP contribution in [-0.4, -0.2) is 43.0 Å². The van der Waals surface area contributed by atoms with Crippen molar-refractivity contribution in [3.8, 4) is 0 Å². The van der Waals surface area contributed by atoms with Crippen molar-refractivity contribution in [2.45, 2.75) is 45.1 Å². The van der Waals surface area contributed by atoms with Crippen molar-refractivity contribution in [2.24, 2.45) is 5.92 Å². The Morgan fingerprint density at radius 2 is 1.83 bits per heavy atom. The summed E-state index contributed by atoms with van der Waals surface area (Å²) in [5.74, 6) is 1.04. The van der Waals surface area contributed by atoms with Crippen LogP contribution in [0.3, 0.4) is 0 Å². The van der Waals surface area contributed by atoms with Crippen LogP contribution in [0.2, 0.25) is 0 Å². The maximum Gasteiger partial charge on any atom is 0.238 e. The number of nitrogens with zero attached hydrogens (tertiary/aromatic N) is 1. The maximum atomic E-state index is 12.2. The van der Waals surface area contributed by atoms with Crippen LogP contribution in [-0.2, 0) is 11.2 Å². The van der Waals surface area contributed by atoms with Crippen LogP contribution in [0.15, 0.2) is 24.3 Å². The van der Waals surface area contributed by atoms with Gasteiger partial charge in [0.2, 0.25) is 5.91 Å². The molecule has 1 aromatic rings. The minimum absolute atomic E-state index is 0.0960. The number of hydrogen-bond donors (Lipinski definition) is 2. The molecule has 0 aromatic heterocycles. The molecule has 1 aromatic carbocycles. The van der Waals surface area contributed by atoms with Gasteiger partial charge in [0.15, 0.2) is 0 Å². The second-order valence-electron chi connectivity index (χ2n) is 7.00. The first kappa shape index (κ1) is 16.5. The van der Waals surface area contributed by atoms with Crippen molar-refractivity contribution in [3.05, 3.63) is 29.8 Å². The number of hydrogen-bond acceptors (Lipinski definition) is 3. The van der Waals surface area contributed by atoms with Crippen LogP contribution in [0.25, 0.3) is 0 Å². The van der Waals surface area contributed by atoms with Gasteiger partial charge in [-0.3, -0.25) is 9.69 Å². The number of amides is 1. The van der Waals surface area contributed by atoms with Gasteiger partial charge in [0, 0.05) is 24.8 Å². The van der Waals surface area contributed by atoms with E-state index in [1.807, 2.05) is 12.1 Å². The fourth-order valence-corrected chi connectivity index (χ4v) is 3.18. The Morgan fingerprint density at radius 3 is 2.43 bits per heavy atom. The normalized spacial score (nSPS) is 19.7. The van der Waals surface area contributed by atoms with E-state index in [1.165, 1.54) is 24.9 Å². The molecule has 2 N–H and O–H groups in total. The van der Waals surface area contributed by atoms with Gasteiger partial charge in [0.05, 0.1) is 6.54 Å². The Bertz CT molecular complexity index is 502. The SMILES string of the molecule is CCc1ccc(NC(=O)CN2CCC(NCC3CC3)CC2)cc1. The molecule has 2 fully saturated rings. The van der Waals surface area contributed by atoms with Crippen molar-refractivity contribution in [1.82, 2.24) is 10.2 Å². The van der Waals surface area contributed by atoms with Gasteiger partial charge in [-0.2, -0.15) is 0 Å². The first-order valence-corrected chi connectivity index (χ1v) is 9.07. The fraction of sp³-hybridized carbons (Fsp3) is 0.632. The molecule has 126 valence electrons. The van der Waals surface area contributed by atoms with Crippen LogP contribution < -0.4 is 10.6 Å². The average Bonchev–Trinajstić information content (AvgIpc) is 3.39. The number of likely N-dealkylation sites (tertiary alicyclic amines) is 1. The number of nitrogens with one attached hydrogen (secondary N) is 2. The maximum absolute atomic E-state index is 12.2. The lowest BCUT2D eigenvalue weighted by Crippen LogP contribution is -2.45. The molecule has 3 rings (SSSR count). The largest absolute Gasteiger partial charge is 0.325 e. The summed E-state index contributed by atoms with van der Waals surface area (Å²) in [7, 11) is 0. The molecule has 1 aliphatic carbocycles. The van der Waals surface area contributed by atoms with Crippen molar-refractivity contribution in [2.75, 3.05) is 31.5 Å². The molecule has 2 aliphatic rings. The highest BCUT2D eigenvalue weighted by Crippen LogP contribution is 2.28. The summed E-state index contributed by atoms with van der Waals surface area (Å²) in [5, 5.41) is 6.68. The fourth-order valence-electron chi connectivity index (χ4n) is 3.18. The molecule has 1 saturated heterocycles. The lowest BCUT2D eigenvalue weighted by molar-refractivity contribution is -0.117. The zero-order chi connectivity index (χ0) is 16.1. The minimum Gasteiger partial charge on any atom is -0.325 e. The van der Waals surface area contributed by atoms with Crippen molar-refractivity contribution < 1.29 is 4.79 Å². The van der Waals surface area contributed by atoms with Gasteiger partial charge in [0.1, 0.15) is 0 Å². The highest BCUT2D eigenvalue weighted by molar-refractivity contribution is 5.92. The Balaban J connectivity index is 1.36. The van der Waals surface area contributed by atoms with Crippen molar-refractivity contribution in [3.63, 3.8) is 0 Å². The predicted octanol–water partition coefficient (Wildman–Crippen LogP) is 2.65. The molecule has 4 heteroatoms. The summed E-state index contributed by atoms with van der Waals surface area (Å²) in [6.45, 7) is 5.87. The number of rotatable bonds is 7.